The SMILES string of the molecule is COC(=O)CC1(CSCc2sccc2C#CCO)CC1. The summed E-state index contributed by atoms with van der Waals surface area (Å²) in [4.78, 5) is 12.6. The Morgan fingerprint density at radius 3 is 3.05 bits per heavy atom. The van der Waals surface area contributed by atoms with Crippen LogP contribution in [0.1, 0.15) is 29.7 Å². The molecule has 0 unspecified atom stereocenters. The molecule has 2 rings (SSSR count). The number of ether oxygens (including phenoxy) is 1. The smallest absolute Gasteiger partial charge is 0.306 e. The zero-order valence-corrected chi connectivity index (χ0v) is 13.1. The number of thioether (sulfide) groups is 1. The Hall–Kier alpha value is -0.960. The van der Waals surface area contributed by atoms with Crippen LogP contribution in [0.5, 0.6) is 0 Å². The van der Waals surface area contributed by atoms with Gasteiger partial charge in [0.15, 0.2) is 0 Å². The van der Waals surface area contributed by atoms with Gasteiger partial charge in [-0.1, -0.05) is 11.8 Å². The van der Waals surface area contributed by atoms with Gasteiger partial charge in [-0.15, -0.1) is 11.3 Å². The van der Waals surface area contributed by atoms with Crippen molar-refractivity contribution >= 4 is 29.1 Å². The number of aliphatic hydroxyl groups is 1. The third-order valence-corrected chi connectivity index (χ3v) is 5.81. The molecule has 5 heteroatoms. The van der Waals surface area contributed by atoms with Crippen molar-refractivity contribution in [3.05, 3.63) is 21.9 Å². The number of carbonyl (C=O) groups is 1. The molecule has 0 aromatic carbocycles. The first-order valence-electron chi connectivity index (χ1n) is 6.50. The second kappa shape index (κ2) is 7.16. The van der Waals surface area contributed by atoms with E-state index in [0.29, 0.717) is 6.42 Å². The fourth-order valence-electron chi connectivity index (χ4n) is 1.99. The van der Waals surface area contributed by atoms with Crippen LogP contribution in [0.3, 0.4) is 0 Å². The first-order valence-corrected chi connectivity index (χ1v) is 8.53. The maximum atomic E-state index is 11.4. The largest absolute Gasteiger partial charge is 0.469 e. The summed E-state index contributed by atoms with van der Waals surface area (Å²) >= 11 is 3.55. The summed E-state index contributed by atoms with van der Waals surface area (Å²) in [6.07, 6.45) is 2.78. The monoisotopic (exact) mass is 310 g/mol. The first-order chi connectivity index (χ1) is 9.69. The van der Waals surface area contributed by atoms with E-state index in [0.717, 1.165) is 29.9 Å². The standard InChI is InChI=1S/C15H18O3S2/c1-18-14(17)9-15(5-6-15)11-19-10-13-12(3-2-7-16)4-8-20-13/h4,8,16H,5-7,9-11H2,1H3. The average Bonchev–Trinajstić information content (AvgIpc) is 3.06. The van der Waals surface area contributed by atoms with Crippen molar-refractivity contribution in [3.63, 3.8) is 0 Å². The van der Waals surface area contributed by atoms with E-state index >= 15 is 0 Å². The number of hydrogen-bond acceptors (Lipinski definition) is 5. The van der Waals surface area contributed by atoms with Gasteiger partial charge in [0.05, 0.1) is 13.5 Å². The third kappa shape index (κ3) is 4.27. The molecule has 3 nitrogen and oxygen atoms in total. The summed E-state index contributed by atoms with van der Waals surface area (Å²) in [6.45, 7) is -0.106. The molecule has 0 spiro atoms. The lowest BCUT2D eigenvalue weighted by molar-refractivity contribution is -0.141. The Morgan fingerprint density at radius 1 is 1.60 bits per heavy atom. The summed E-state index contributed by atoms with van der Waals surface area (Å²) in [5, 5.41) is 10.8. The van der Waals surface area contributed by atoms with Gasteiger partial charge in [0, 0.05) is 16.2 Å². The maximum Gasteiger partial charge on any atom is 0.306 e. The van der Waals surface area contributed by atoms with Crippen LogP contribution in [0.15, 0.2) is 11.4 Å². The molecule has 1 aliphatic rings. The molecule has 0 saturated heterocycles. The lowest BCUT2D eigenvalue weighted by Gasteiger charge is -2.12. The number of thiophene rings is 1. The van der Waals surface area contributed by atoms with Gasteiger partial charge in [-0.25, -0.2) is 0 Å². The number of carbonyl (C=O) groups excluding carboxylic acids is 1. The molecule has 1 fully saturated rings. The number of aliphatic hydroxyl groups excluding tert-OH is 1. The van der Waals surface area contributed by atoms with Crippen LogP contribution in [0.4, 0.5) is 0 Å². The summed E-state index contributed by atoms with van der Waals surface area (Å²) in [5.41, 5.74) is 1.18. The van der Waals surface area contributed by atoms with Gasteiger partial charge >= 0.3 is 5.97 Å². The van der Waals surface area contributed by atoms with Gasteiger partial charge in [0.25, 0.3) is 0 Å². The van der Waals surface area contributed by atoms with Gasteiger partial charge in [-0.3, -0.25) is 4.79 Å². The summed E-state index contributed by atoms with van der Waals surface area (Å²) in [5.74, 6) is 7.46. The molecule has 0 bridgehead atoms. The van der Waals surface area contributed by atoms with Crippen LogP contribution < -0.4 is 0 Å². The zero-order valence-electron chi connectivity index (χ0n) is 11.5. The number of hydrogen-bond donors (Lipinski definition) is 1. The highest BCUT2D eigenvalue weighted by molar-refractivity contribution is 7.98. The van der Waals surface area contributed by atoms with E-state index < -0.39 is 0 Å². The molecule has 0 atom stereocenters. The predicted octanol–water partition coefficient (Wildman–Crippen LogP) is 2.67. The molecular weight excluding hydrogens is 292 g/mol. The predicted molar refractivity (Wildman–Crippen MR) is 82.7 cm³/mol. The van der Waals surface area contributed by atoms with Crippen LogP contribution in [0.2, 0.25) is 0 Å². The van der Waals surface area contributed by atoms with Crippen molar-refractivity contribution < 1.29 is 14.6 Å². The summed E-state index contributed by atoms with van der Waals surface area (Å²) in [7, 11) is 1.45. The molecule has 1 N–H and O–H groups in total. The molecule has 0 amide bonds. The lowest BCUT2D eigenvalue weighted by atomic mass is 10.1. The van der Waals surface area contributed by atoms with Crippen LogP contribution in [-0.4, -0.2) is 30.5 Å². The van der Waals surface area contributed by atoms with E-state index in [-0.39, 0.29) is 18.0 Å². The van der Waals surface area contributed by atoms with E-state index in [4.69, 9.17) is 9.84 Å². The van der Waals surface area contributed by atoms with E-state index in [9.17, 15) is 4.79 Å². The van der Waals surface area contributed by atoms with Crippen molar-refractivity contribution in [2.75, 3.05) is 19.5 Å². The number of methoxy groups -OCH3 is 1. The molecule has 1 saturated carbocycles. The molecule has 1 aromatic heterocycles. The lowest BCUT2D eigenvalue weighted by Crippen LogP contribution is -2.13. The Morgan fingerprint density at radius 2 is 2.40 bits per heavy atom. The summed E-state index contributed by atoms with van der Waals surface area (Å²) < 4.78 is 4.75. The highest BCUT2D eigenvalue weighted by atomic mass is 32.2. The van der Waals surface area contributed by atoms with Crippen molar-refractivity contribution in [1.82, 2.24) is 0 Å². The van der Waals surface area contributed by atoms with Crippen molar-refractivity contribution in [3.8, 4) is 11.8 Å². The van der Waals surface area contributed by atoms with E-state index in [1.165, 1.54) is 12.0 Å². The van der Waals surface area contributed by atoms with E-state index in [1.54, 1.807) is 11.3 Å². The van der Waals surface area contributed by atoms with Crippen LogP contribution in [-0.2, 0) is 15.3 Å². The van der Waals surface area contributed by atoms with Crippen LogP contribution in [0.25, 0.3) is 0 Å². The molecule has 108 valence electrons. The van der Waals surface area contributed by atoms with E-state index in [2.05, 4.69) is 11.8 Å². The minimum atomic E-state index is -0.106. The molecular formula is C15H18O3S2. The van der Waals surface area contributed by atoms with Crippen molar-refractivity contribution in [2.45, 2.75) is 25.0 Å². The molecule has 1 aromatic rings. The van der Waals surface area contributed by atoms with Crippen LogP contribution in [0, 0.1) is 17.3 Å². The van der Waals surface area contributed by atoms with Gasteiger partial charge in [0.2, 0.25) is 0 Å². The Kier molecular flexibility index (Phi) is 5.53. The second-order valence-electron chi connectivity index (χ2n) is 4.96. The van der Waals surface area contributed by atoms with E-state index in [1.807, 2.05) is 23.2 Å². The van der Waals surface area contributed by atoms with Crippen LogP contribution >= 0.6 is 23.1 Å². The Labute approximate surface area is 127 Å². The molecule has 20 heavy (non-hydrogen) atoms. The Bertz CT molecular complexity index is 521. The van der Waals surface area contributed by atoms with Crippen molar-refractivity contribution in [2.24, 2.45) is 5.41 Å². The highest BCUT2D eigenvalue weighted by Crippen LogP contribution is 2.51. The topological polar surface area (TPSA) is 46.5 Å². The fraction of sp³-hybridized carbons (Fsp3) is 0.533. The van der Waals surface area contributed by atoms with Gasteiger partial charge in [0.1, 0.15) is 6.61 Å². The zero-order chi connectivity index (χ0) is 14.4. The first kappa shape index (κ1) is 15.4. The normalized spacial score (nSPS) is 15.3. The van der Waals surface area contributed by atoms with Gasteiger partial charge in [-0.05, 0) is 35.5 Å². The minimum absolute atomic E-state index is 0.103. The Balaban J connectivity index is 1.82. The van der Waals surface area contributed by atoms with Gasteiger partial charge in [-0.2, -0.15) is 11.8 Å². The quantitative estimate of drug-likeness (QED) is 0.648. The molecule has 1 aliphatic carbocycles. The molecule has 1 heterocycles. The maximum absolute atomic E-state index is 11.4. The van der Waals surface area contributed by atoms with Gasteiger partial charge < -0.3 is 9.84 Å². The number of rotatable bonds is 6. The highest BCUT2D eigenvalue weighted by Gasteiger charge is 2.44. The summed E-state index contributed by atoms with van der Waals surface area (Å²) in [6, 6.07) is 1.99. The third-order valence-electron chi connectivity index (χ3n) is 3.39. The van der Waals surface area contributed by atoms with Crippen molar-refractivity contribution in [1.29, 1.82) is 0 Å². The minimum Gasteiger partial charge on any atom is -0.469 e. The fourth-order valence-corrected chi connectivity index (χ4v) is 4.39. The molecule has 0 radical (unpaired) electrons. The second-order valence-corrected chi connectivity index (χ2v) is 6.95. The number of esters is 1. The average molecular weight is 310 g/mol. The molecule has 0 aliphatic heterocycles.